The average Bonchev–Trinajstić information content (AvgIpc) is 3.12. The quantitative estimate of drug-likeness (QED) is 0.602. The van der Waals surface area contributed by atoms with Crippen LogP contribution in [-0.4, -0.2) is 43.2 Å². The molecule has 0 unspecified atom stereocenters. The molecule has 0 saturated carbocycles. The van der Waals surface area contributed by atoms with Crippen LogP contribution in [0.15, 0.2) is 53.9 Å². The van der Waals surface area contributed by atoms with Crippen LogP contribution in [0.2, 0.25) is 4.34 Å². The molecule has 0 aliphatic carbocycles. The van der Waals surface area contributed by atoms with Gasteiger partial charge in [0.05, 0.1) is 21.3 Å². The molecule has 2 aromatic rings. The highest BCUT2D eigenvalue weighted by atomic mass is 35.5. The van der Waals surface area contributed by atoms with Crippen molar-refractivity contribution in [3.8, 4) is 0 Å². The maximum Gasteiger partial charge on any atom is 0.255 e. The van der Waals surface area contributed by atoms with Gasteiger partial charge in [0.25, 0.3) is 5.91 Å². The smallest absolute Gasteiger partial charge is 0.255 e. The zero-order valence-corrected chi connectivity index (χ0v) is 17.9. The van der Waals surface area contributed by atoms with Crippen molar-refractivity contribution in [1.29, 1.82) is 0 Å². The predicted octanol–water partition coefficient (Wildman–Crippen LogP) is 4.40. The second-order valence-electron chi connectivity index (χ2n) is 6.64. The minimum atomic E-state index is -3.71. The predicted molar refractivity (Wildman–Crippen MR) is 113 cm³/mol. The van der Waals surface area contributed by atoms with Crippen molar-refractivity contribution in [3.63, 3.8) is 0 Å². The Morgan fingerprint density at radius 3 is 2.54 bits per heavy atom. The minimum Gasteiger partial charge on any atom is -0.330 e. The lowest BCUT2D eigenvalue weighted by Crippen LogP contribution is -2.37. The number of carbonyl (C=O) groups is 1. The van der Waals surface area contributed by atoms with Gasteiger partial charge in [-0.2, -0.15) is 4.31 Å². The van der Waals surface area contributed by atoms with Crippen LogP contribution in [0.3, 0.4) is 0 Å². The molecule has 1 aliphatic heterocycles. The third kappa shape index (κ3) is 4.66. The van der Waals surface area contributed by atoms with E-state index < -0.39 is 10.0 Å². The van der Waals surface area contributed by atoms with Crippen LogP contribution in [0.25, 0.3) is 0 Å². The Balaban J connectivity index is 1.93. The first-order valence-electron chi connectivity index (χ1n) is 9.17. The fraction of sp³-hybridized carbons (Fsp3) is 0.350. The lowest BCUT2D eigenvalue weighted by Gasteiger charge is -2.27. The summed E-state index contributed by atoms with van der Waals surface area (Å²) in [5, 5.41) is 0. The molecule has 1 saturated heterocycles. The van der Waals surface area contributed by atoms with Gasteiger partial charge in [0, 0.05) is 24.5 Å². The summed E-state index contributed by atoms with van der Waals surface area (Å²) in [5.74, 6) is -0.333. The molecule has 8 heteroatoms. The molecule has 1 aliphatic rings. The van der Waals surface area contributed by atoms with Gasteiger partial charge in [-0.3, -0.25) is 4.79 Å². The number of hydrogen-bond acceptors (Lipinski definition) is 4. The molecule has 0 bridgehead atoms. The molecule has 150 valence electrons. The van der Waals surface area contributed by atoms with Crippen LogP contribution < -0.4 is 0 Å². The van der Waals surface area contributed by atoms with E-state index in [1.807, 2.05) is 6.07 Å². The van der Waals surface area contributed by atoms with E-state index in [2.05, 4.69) is 6.58 Å². The van der Waals surface area contributed by atoms with Gasteiger partial charge in [0.1, 0.15) is 0 Å². The standard InChI is InChI=1S/C20H23ClN2O3S2/c1-2-12-22(15-16-10-11-19(21)27-16)20(24)17-8-4-5-9-18(17)28(25,26)23-13-6-3-7-14-23/h2,4-5,8-11H,1,3,6-7,12-15H2. The Morgan fingerprint density at radius 1 is 1.18 bits per heavy atom. The minimum absolute atomic E-state index is 0.0696. The summed E-state index contributed by atoms with van der Waals surface area (Å²) in [6.07, 6.45) is 4.35. The number of sulfonamides is 1. The molecule has 1 fully saturated rings. The van der Waals surface area contributed by atoms with Crippen LogP contribution in [0.5, 0.6) is 0 Å². The maximum atomic E-state index is 13.3. The number of nitrogens with zero attached hydrogens (tertiary/aromatic N) is 2. The van der Waals surface area contributed by atoms with Gasteiger partial charge in [-0.1, -0.05) is 36.2 Å². The van der Waals surface area contributed by atoms with E-state index in [-0.39, 0.29) is 16.4 Å². The summed E-state index contributed by atoms with van der Waals surface area (Å²) in [6, 6.07) is 10.1. The maximum absolute atomic E-state index is 13.3. The van der Waals surface area contributed by atoms with Crippen molar-refractivity contribution in [1.82, 2.24) is 9.21 Å². The average molecular weight is 439 g/mol. The van der Waals surface area contributed by atoms with Crippen LogP contribution in [0.1, 0.15) is 34.5 Å². The fourth-order valence-electron chi connectivity index (χ4n) is 3.28. The van der Waals surface area contributed by atoms with Crippen molar-refractivity contribution >= 4 is 38.9 Å². The van der Waals surface area contributed by atoms with Crippen molar-refractivity contribution in [2.75, 3.05) is 19.6 Å². The van der Waals surface area contributed by atoms with E-state index in [1.165, 1.54) is 21.7 Å². The van der Waals surface area contributed by atoms with E-state index in [4.69, 9.17) is 11.6 Å². The molecule has 0 spiro atoms. The molecule has 3 rings (SSSR count). The SMILES string of the molecule is C=CCN(Cc1ccc(Cl)s1)C(=O)c1ccccc1S(=O)(=O)N1CCCCC1. The number of piperidine rings is 1. The first-order chi connectivity index (χ1) is 13.4. The summed E-state index contributed by atoms with van der Waals surface area (Å²) < 4.78 is 28.5. The number of rotatable bonds is 7. The molecule has 28 heavy (non-hydrogen) atoms. The molecule has 0 atom stereocenters. The van der Waals surface area contributed by atoms with E-state index in [0.717, 1.165) is 24.1 Å². The highest BCUT2D eigenvalue weighted by molar-refractivity contribution is 7.89. The van der Waals surface area contributed by atoms with E-state index in [9.17, 15) is 13.2 Å². The highest BCUT2D eigenvalue weighted by Gasteiger charge is 2.31. The lowest BCUT2D eigenvalue weighted by atomic mass is 10.2. The Morgan fingerprint density at radius 2 is 1.89 bits per heavy atom. The lowest BCUT2D eigenvalue weighted by molar-refractivity contribution is 0.0760. The van der Waals surface area contributed by atoms with Crippen LogP contribution in [0.4, 0.5) is 0 Å². The fourth-order valence-corrected chi connectivity index (χ4v) is 6.09. The van der Waals surface area contributed by atoms with Crippen molar-refractivity contribution < 1.29 is 13.2 Å². The van der Waals surface area contributed by atoms with Gasteiger partial charge in [0.2, 0.25) is 10.0 Å². The largest absolute Gasteiger partial charge is 0.330 e. The number of benzene rings is 1. The number of thiophene rings is 1. The summed E-state index contributed by atoms with van der Waals surface area (Å²) >= 11 is 7.40. The Bertz CT molecular complexity index is 950. The Hall–Kier alpha value is -1.67. The Kier molecular flexibility index (Phi) is 6.93. The highest BCUT2D eigenvalue weighted by Crippen LogP contribution is 2.27. The summed E-state index contributed by atoms with van der Waals surface area (Å²) in [6.45, 7) is 5.37. The summed E-state index contributed by atoms with van der Waals surface area (Å²) in [7, 11) is -3.71. The van der Waals surface area contributed by atoms with Crippen LogP contribution in [0, 0.1) is 0 Å². The second-order valence-corrected chi connectivity index (χ2v) is 10.3. The van der Waals surface area contributed by atoms with E-state index >= 15 is 0 Å². The molecule has 5 nitrogen and oxygen atoms in total. The van der Waals surface area contributed by atoms with Gasteiger partial charge in [-0.05, 0) is 37.1 Å². The number of halogens is 1. The Labute approximate surface area is 175 Å². The number of hydrogen-bond donors (Lipinski definition) is 0. The summed E-state index contributed by atoms with van der Waals surface area (Å²) in [5.41, 5.74) is 0.192. The van der Waals surface area contributed by atoms with Gasteiger partial charge in [0.15, 0.2) is 0 Å². The van der Waals surface area contributed by atoms with E-state index in [1.54, 1.807) is 35.2 Å². The zero-order chi connectivity index (χ0) is 20.1. The zero-order valence-electron chi connectivity index (χ0n) is 15.5. The molecule has 1 aromatic heterocycles. The molecular weight excluding hydrogens is 416 g/mol. The first kappa shape index (κ1) is 21.0. The van der Waals surface area contributed by atoms with Crippen LogP contribution >= 0.6 is 22.9 Å². The molecule has 0 radical (unpaired) electrons. The molecule has 1 amide bonds. The van der Waals surface area contributed by atoms with Gasteiger partial charge in [-0.25, -0.2) is 8.42 Å². The second kappa shape index (κ2) is 9.22. The summed E-state index contributed by atoms with van der Waals surface area (Å²) in [4.78, 5) is 15.8. The van der Waals surface area contributed by atoms with Gasteiger partial charge < -0.3 is 4.90 Å². The molecular formula is C20H23ClN2O3S2. The van der Waals surface area contributed by atoms with Crippen molar-refractivity contribution in [2.24, 2.45) is 0 Å². The van der Waals surface area contributed by atoms with Gasteiger partial charge in [-0.15, -0.1) is 17.9 Å². The van der Waals surface area contributed by atoms with Crippen molar-refractivity contribution in [2.45, 2.75) is 30.7 Å². The number of amides is 1. The number of carbonyl (C=O) groups excluding carboxylic acids is 1. The van der Waals surface area contributed by atoms with Crippen molar-refractivity contribution in [3.05, 3.63) is 63.8 Å². The monoisotopic (exact) mass is 438 g/mol. The third-order valence-corrected chi connectivity index (χ3v) is 7.84. The van der Waals surface area contributed by atoms with Gasteiger partial charge >= 0.3 is 0 Å². The topological polar surface area (TPSA) is 57.7 Å². The van der Waals surface area contributed by atoms with Crippen LogP contribution in [-0.2, 0) is 16.6 Å². The van der Waals surface area contributed by atoms with E-state index in [0.29, 0.717) is 30.5 Å². The normalized spacial score (nSPS) is 15.3. The third-order valence-electron chi connectivity index (χ3n) is 4.66. The molecule has 0 N–H and O–H groups in total. The molecule has 1 aromatic carbocycles. The first-order valence-corrected chi connectivity index (χ1v) is 11.8. The molecule has 2 heterocycles.